The van der Waals surface area contributed by atoms with E-state index in [2.05, 4.69) is 0 Å². The first-order chi connectivity index (χ1) is 13.8. The van der Waals surface area contributed by atoms with Crippen LogP contribution < -0.4 is 0 Å². The lowest BCUT2D eigenvalue weighted by Crippen LogP contribution is -2.56. The molecule has 0 unspecified atom stereocenters. The van der Waals surface area contributed by atoms with Crippen molar-refractivity contribution in [2.75, 3.05) is 26.2 Å². The summed E-state index contributed by atoms with van der Waals surface area (Å²) in [5.74, 6) is -0.395. The molecule has 4 rings (SSSR count). The van der Waals surface area contributed by atoms with Gasteiger partial charge in [-0.2, -0.15) is 4.31 Å². The van der Waals surface area contributed by atoms with Gasteiger partial charge >= 0.3 is 0 Å². The second kappa shape index (κ2) is 7.96. The number of hydrogen-bond acceptors (Lipinski definition) is 4. The van der Waals surface area contributed by atoms with E-state index < -0.39 is 21.4 Å². The number of amides is 1. The topological polar surface area (TPSA) is 77.9 Å². The van der Waals surface area contributed by atoms with Gasteiger partial charge < -0.3 is 10.0 Å². The molecule has 1 aliphatic carbocycles. The monoisotopic (exact) mass is 424 g/mol. The van der Waals surface area contributed by atoms with E-state index in [0.29, 0.717) is 32.4 Å². The van der Waals surface area contributed by atoms with Crippen LogP contribution in [-0.4, -0.2) is 60.4 Å². The summed E-state index contributed by atoms with van der Waals surface area (Å²) in [4.78, 5) is 15.0. The number of fused-ring (bicyclic) bond motifs is 1. The first-order valence-corrected chi connectivity index (χ1v) is 12.0. The third kappa shape index (κ3) is 4.07. The van der Waals surface area contributed by atoms with Crippen LogP contribution in [0.15, 0.2) is 29.2 Å². The van der Waals surface area contributed by atoms with Gasteiger partial charge in [0.05, 0.1) is 10.5 Å². The predicted octanol–water partition coefficient (Wildman–Crippen LogP) is 2.38. The van der Waals surface area contributed by atoms with Gasteiger partial charge in [-0.15, -0.1) is 0 Å². The third-order valence-corrected chi connectivity index (χ3v) is 8.91. The Morgan fingerprint density at radius 2 is 1.72 bits per heavy atom. The van der Waals surface area contributed by atoms with Crippen LogP contribution in [0.2, 0.25) is 0 Å². The number of hydrogen-bond donors (Lipinski definition) is 1. The number of piperidine rings is 2. The van der Waals surface area contributed by atoms with Crippen LogP contribution in [0.3, 0.4) is 0 Å². The minimum Gasteiger partial charge on any atom is -0.389 e. The fourth-order valence-electron chi connectivity index (χ4n) is 5.13. The molecule has 1 saturated carbocycles. The van der Waals surface area contributed by atoms with Crippen molar-refractivity contribution in [1.29, 1.82) is 0 Å². The normalized spacial score (nSPS) is 29.4. The Bertz CT molecular complexity index is 852. The molecule has 0 spiro atoms. The molecular weight excluding hydrogens is 395 g/mol. The van der Waals surface area contributed by atoms with E-state index in [1.165, 1.54) is 16.4 Å². The molecule has 1 aromatic rings. The maximum absolute atomic E-state index is 13.1. The summed E-state index contributed by atoms with van der Waals surface area (Å²) >= 11 is 0. The van der Waals surface area contributed by atoms with Crippen molar-refractivity contribution in [2.45, 2.75) is 55.4 Å². The van der Waals surface area contributed by atoms with Gasteiger partial charge in [0.2, 0.25) is 15.9 Å². The Labute approximate surface area is 171 Å². The lowest BCUT2D eigenvalue weighted by atomic mass is 9.71. The lowest BCUT2D eigenvalue weighted by molar-refractivity contribution is -0.148. The van der Waals surface area contributed by atoms with Crippen molar-refractivity contribution < 1.29 is 22.7 Å². The van der Waals surface area contributed by atoms with Crippen molar-refractivity contribution in [3.05, 3.63) is 30.1 Å². The molecule has 1 N–H and O–H groups in total. The molecule has 0 radical (unpaired) electrons. The van der Waals surface area contributed by atoms with Crippen LogP contribution in [0.5, 0.6) is 0 Å². The third-order valence-electron chi connectivity index (χ3n) is 6.99. The van der Waals surface area contributed by atoms with Crippen molar-refractivity contribution in [1.82, 2.24) is 9.21 Å². The lowest BCUT2D eigenvalue weighted by Gasteiger charge is -2.48. The van der Waals surface area contributed by atoms with Gasteiger partial charge in [0.1, 0.15) is 5.82 Å². The number of likely N-dealkylation sites (tertiary alicyclic amines) is 1. The highest BCUT2D eigenvalue weighted by Gasteiger charge is 2.45. The minimum absolute atomic E-state index is 0.0799. The molecule has 1 amide bonds. The van der Waals surface area contributed by atoms with Gasteiger partial charge in [-0.3, -0.25) is 4.79 Å². The van der Waals surface area contributed by atoms with Crippen molar-refractivity contribution >= 4 is 15.9 Å². The van der Waals surface area contributed by atoms with E-state index >= 15 is 0 Å². The highest BCUT2D eigenvalue weighted by Crippen LogP contribution is 2.40. The van der Waals surface area contributed by atoms with Gasteiger partial charge in [0.15, 0.2) is 0 Å². The molecule has 8 heteroatoms. The Hall–Kier alpha value is -1.51. The number of halogens is 1. The molecule has 6 nitrogen and oxygen atoms in total. The Balaban J connectivity index is 1.36. The van der Waals surface area contributed by atoms with Crippen LogP contribution in [-0.2, 0) is 14.8 Å². The fraction of sp³-hybridized carbons (Fsp3) is 0.667. The van der Waals surface area contributed by atoms with Gasteiger partial charge in [-0.05, 0) is 56.4 Å². The van der Waals surface area contributed by atoms with Crippen molar-refractivity contribution in [2.24, 2.45) is 11.8 Å². The summed E-state index contributed by atoms with van der Waals surface area (Å²) in [6.45, 7) is 1.78. The van der Waals surface area contributed by atoms with Gasteiger partial charge in [-0.25, -0.2) is 12.8 Å². The largest absolute Gasteiger partial charge is 0.389 e. The second-order valence-corrected chi connectivity index (χ2v) is 10.7. The van der Waals surface area contributed by atoms with Gasteiger partial charge in [0.25, 0.3) is 0 Å². The average Bonchev–Trinajstić information content (AvgIpc) is 2.73. The van der Waals surface area contributed by atoms with Crippen molar-refractivity contribution in [3.63, 3.8) is 0 Å². The van der Waals surface area contributed by atoms with Crippen LogP contribution in [0.1, 0.15) is 44.9 Å². The van der Waals surface area contributed by atoms with E-state index in [9.17, 15) is 22.7 Å². The highest BCUT2D eigenvalue weighted by atomic mass is 32.2. The zero-order chi connectivity index (χ0) is 20.6. The number of sulfonamides is 1. The molecule has 2 aliphatic heterocycles. The highest BCUT2D eigenvalue weighted by molar-refractivity contribution is 7.89. The molecule has 0 aromatic heterocycles. The van der Waals surface area contributed by atoms with E-state index in [1.807, 2.05) is 4.90 Å². The predicted molar refractivity (Wildman–Crippen MR) is 106 cm³/mol. The standard InChI is InChI=1S/C21H29FN2O4S/c22-18-4-6-19(7-5-18)29(27,28)24-12-8-16(9-13-24)20(25)23-14-11-21(26)10-2-1-3-17(21)15-23/h4-7,16-17,26H,1-3,8-15H2/t17-,21-/m0/s1. The van der Waals surface area contributed by atoms with Gasteiger partial charge in [0, 0.05) is 38.0 Å². The average molecular weight is 425 g/mol. The Morgan fingerprint density at radius 3 is 2.41 bits per heavy atom. The number of carbonyl (C=O) groups excluding carboxylic acids is 1. The minimum atomic E-state index is -3.67. The molecule has 29 heavy (non-hydrogen) atoms. The quantitative estimate of drug-likeness (QED) is 0.808. The first-order valence-electron chi connectivity index (χ1n) is 10.6. The number of carbonyl (C=O) groups is 1. The summed E-state index contributed by atoms with van der Waals surface area (Å²) in [7, 11) is -3.67. The Kier molecular flexibility index (Phi) is 5.70. The summed E-state index contributed by atoms with van der Waals surface area (Å²) < 4.78 is 40.0. The molecule has 3 fully saturated rings. The zero-order valence-corrected chi connectivity index (χ0v) is 17.4. The van der Waals surface area contributed by atoms with E-state index in [0.717, 1.165) is 37.8 Å². The molecule has 2 atom stereocenters. The van der Waals surface area contributed by atoms with Gasteiger partial charge in [-0.1, -0.05) is 12.8 Å². The molecule has 2 saturated heterocycles. The van der Waals surface area contributed by atoms with Crippen LogP contribution in [0.25, 0.3) is 0 Å². The van der Waals surface area contributed by atoms with E-state index in [1.54, 1.807) is 0 Å². The summed E-state index contributed by atoms with van der Waals surface area (Å²) in [6, 6.07) is 4.85. The summed E-state index contributed by atoms with van der Waals surface area (Å²) in [5.41, 5.74) is -0.609. The molecule has 1 aromatic carbocycles. The summed E-state index contributed by atoms with van der Waals surface area (Å²) in [6.07, 6.45) is 5.58. The number of rotatable bonds is 3. The molecule has 2 heterocycles. The Morgan fingerprint density at radius 1 is 1.03 bits per heavy atom. The molecule has 3 aliphatic rings. The smallest absolute Gasteiger partial charge is 0.243 e. The number of nitrogens with zero attached hydrogens (tertiary/aromatic N) is 2. The van der Waals surface area contributed by atoms with Crippen LogP contribution in [0.4, 0.5) is 4.39 Å². The van der Waals surface area contributed by atoms with Crippen LogP contribution in [0, 0.1) is 17.7 Å². The van der Waals surface area contributed by atoms with Crippen molar-refractivity contribution in [3.8, 4) is 0 Å². The maximum Gasteiger partial charge on any atom is 0.243 e. The molecule has 0 bridgehead atoms. The SMILES string of the molecule is O=C(C1CCN(S(=O)(=O)c2ccc(F)cc2)CC1)N1CC[C@@]2(O)CCCC[C@H]2C1. The zero-order valence-electron chi connectivity index (χ0n) is 16.6. The van der Waals surface area contributed by atoms with E-state index in [4.69, 9.17) is 0 Å². The second-order valence-electron chi connectivity index (χ2n) is 8.71. The number of aliphatic hydroxyl groups is 1. The summed E-state index contributed by atoms with van der Waals surface area (Å²) in [5, 5.41) is 10.8. The molecular formula is C21H29FN2O4S. The number of benzene rings is 1. The van der Waals surface area contributed by atoms with Crippen LogP contribution >= 0.6 is 0 Å². The maximum atomic E-state index is 13.1. The first kappa shape index (κ1) is 20.8. The van der Waals surface area contributed by atoms with E-state index in [-0.39, 0.29) is 35.7 Å². The fourth-order valence-corrected chi connectivity index (χ4v) is 6.60. The molecule has 160 valence electrons.